The molecular formula is C18H33N3. The lowest BCUT2D eigenvalue weighted by Crippen LogP contribution is -2.38. The number of aryl methyl sites for hydroxylation is 2. The summed E-state index contributed by atoms with van der Waals surface area (Å²) in [5, 5.41) is 4.70. The van der Waals surface area contributed by atoms with E-state index in [0.29, 0.717) is 5.41 Å². The number of rotatable bonds is 6. The van der Waals surface area contributed by atoms with Gasteiger partial charge in [-0.15, -0.1) is 0 Å². The topological polar surface area (TPSA) is 43.8 Å². The highest BCUT2D eigenvalue weighted by Crippen LogP contribution is 2.43. The van der Waals surface area contributed by atoms with Crippen LogP contribution in [-0.2, 0) is 19.4 Å². The molecule has 2 N–H and O–H groups in total. The van der Waals surface area contributed by atoms with Crippen LogP contribution in [0.5, 0.6) is 0 Å². The molecule has 2 rings (SSSR count). The van der Waals surface area contributed by atoms with Crippen molar-refractivity contribution in [1.29, 1.82) is 0 Å². The highest BCUT2D eigenvalue weighted by molar-refractivity contribution is 5.13. The van der Waals surface area contributed by atoms with Gasteiger partial charge in [-0.3, -0.25) is 4.68 Å². The highest BCUT2D eigenvalue weighted by atomic mass is 15.3. The first kappa shape index (κ1) is 16.5. The van der Waals surface area contributed by atoms with Crippen LogP contribution < -0.4 is 5.73 Å². The van der Waals surface area contributed by atoms with Gasteiger partial charge in [0.25, 0.3) is 0 Å². The Morgan fingerprint density at radius 2 is 2.00 bits per heavy atom. The van der Waals surface area contributed by atoms with Crippen LogP contribution in [-0.4, -0.2) is 16.3 Å². The van der Waals surface area contributed by atoms with Gasteiger partial charge in [0, 0.05) is 12.2 Å². The Bertz CT molecular complexity index is 439. The molecule has 0 atom stereocenters. The van der Waals surface area contributed by atoms with Gasteiger partial charge in [-0.25, -0.2) is 0 Å². The van der Waals surface area contributed by atoms with Crippen molar-refractivity contribution >= 4 is 0 Å². The maximum atomic E-state index is 6.21. The molecule has 1 aromatic rings. The lowest BCUT2D eigenvalue weighted by Gasteiger charge is -2.41. The van der Waals surface area contributed by atoms with Crippen molar-refractivity contribution in [3.63, 3.8) is 0 Å². The van der Waals surface area contributed by atoms with Crippen LogP contribution in [0.1, 0.15) is 64.8 Å². The van der Waals surface area contributed by atoms with E-state index < -0.39 is 0 Å². The molecule has 0 unspecified atom stereocenters. The van der Waals surface area contributed by atoms with Crippen molar-refractivity contribution in [3.05, 3.63) is 17.5 Å². The van der Waals surface area contributed by atoms with Crippen molar-refractivity contribution < 1.29 is 0 Å². The Kier molecular flexibility index (Phi) is 5.48. The van der Waals surface area contributed by atoms with E-state index in [0.717, 1.165) is 37.8 Å². The van der Waals surface area contributed by atoms with E-state index >= 15 is 0 Å². The van der Waals surface area contributed by atoms with Crippen LogP contribution in [0.3, 0.4) is 0 Å². The third-order valence-electron chi connectivity index (χ3n) is 5.60. The molecule has 1 aromatic heterocycles. The predicted molar refractivity (Wildman–Crippen MR) is 89.3 cm³/mol. The first-order valence-corrected chi connectivity index (χ1v) is 8.79. The lowest BCUT2D eigenvalue weighted by atomic mass is 9.66. The maximum absolute atomic E-state index is 6.21. The fourth-order valence-electron chi connectivity index (χ4n) is 3.86. The third kappa shape index (κ3) is 3.68. The fraction of sp³-hybridized carbons (Fsp3) is 0.833. The van der Waals surface area contributed by atoms with Crippen LogP contribution in [0.4, 0.5) is 0 Å². The van der Waals surface area contributed by atoms with Crippen LogP contribution in [0.25, 0.3) is 0 Å². The van der Waals surface area contributed by atoms with Crippen molar-refractivity contribution in [3.8, 4) is 0 Å². The zero-order valence-electron chi connectivity index (χ0n) is 14.4. The summed E-state index contributed by atoms with van der Waals surface area (Å²) in [6.45, 7) is 10.9. The summed E-state index contributed by atoms with van der Waals surface area (Å²) in [5.74, 6) is 1.71. The zero-order chi connectivity index (χ0) is 15.5. The molecule has 0 aromatic carbocycles. The van der Waals surface area contributed by atoms with Crippen LogP contribution in [0.15, 0.2) is 6.07 Å². The van der Waals surface area contributed by atoms with Gasteiger partial charge in [0.15, 0.2) is 0 Å². The van der Waals surface area contributed by atoms with Crippen molar-refractivity contribution in [1.82, 2.24) is 9.78 Å². The summed E-state index contributed by atoms with van der Waals surface area (Å²) in [6, 6.07) is 2.30. The molecule has 1 aliphatic rings. The molecule has 0 bridgehead atoms. The maximum Gasteiger partial charge on any atom is 0.0624 e. The summed E-state index contributed by atoms with van der Waals surface area (Å²) in [6.07, 6.45) is 7.37. The molecule has 0 aliphatic heterocycles. The minimum absolute atomic E-state index is 0.309. The van der Waals surface area contributed by atoms with E-state index in [1.807, 2.05) is 0 Å². The van der Waals surface area contributed by atoms with Gasteiger partial charge >= 0.3 is 0 Å². The average Bonchev–Trinajstić information content (AvgIpc) is 2.89. The second-order valence-electron chi connectivity index (χ2n) is 7.26. The summed E-state index contributed by atoms with van der Waals surface area (Å²) < 4.78 is 2.19. The molecule has 21 heavy (non-hydrogen) atoms. The second-order valence-corrected chi connectivity index (χ2v) is 7.26. The second kappa shape index (κ2) is 6.95. The molecule has 3 nitrogen and oxygen atoms in total. The zero-order valence-corrected chi connectivity index (χ0v) is 14.4. The molecule has 0 radical (unpaired) electrons. The molecule has 1 fully saturated rings. The van der Waals surface area contributed by atoms with E-state index in [1.54, 1.807) is 0 Å². The van der Waals surface area contributed by atoms with E-state index in [4.69, 9.17) is 10.8 Å². The number of aromatic nitrogens is 2. The average molecular weight is 291 g/mol. The Hall–Kier alpha value is -0.830. The quantitative estimate of drug-likeness (QED) is 0.866. The molecule has 1 heterocycles. The number of nitrogens with zero attached hydrogens (tertiary/aromatic N) is 2. The minimum Gasteiger partial charge on any atom is -0.330 e. The molecule has 0 amide bonds. The standard InChI is InChI=1S/C18H33N3/c1-5-16-11-17(21(6-2)20-16)12-18(13-19)9-7-15(8-10-18)14(3)4/h11,14-15H,5-10,12-13,19H2,1-4H3. The molecule has 3 heteroatoms. The lowest BCUT2D eigenvalue weighted by molar-refractivity contribution is 0.130. The number of nitrogens with two attached hydrogens (primary N) is 1. The minimum atomic E-state index is 0.309. The SMILES string of the molecule is CCc1cc(CC2(CN)CCC(C(C)C)CC2)n(CC)n1. The van der Waals surface area contributed by atoms with Crippen molar-refractivity contribution in [2.24, 2.45) is 23.0 Å². The highest BCUT2D eigenvalue weighted by Gasteiger charge is 2.36. The van der Waals surface area contributed by atoms with Gasteiger partial charge in [0.1, 0.15) is 0 Å². The van der Waals surface area contributed by atoms with Crippen LogP contribution in [0, 0.1) is 17.3 Å². The van der Waals surface area contributed by atoms with E-state index in [-0.39, 0.29) is 0 Å². The van der Waals surface area contributed by atoms with Gasteiger partial charge in [-0.05, 0) is 75.3 Å². The van der Waals surface area contributed by atoms with Crippen molar-refractivity contribution in [2.45, 2.75) is 72.8 Å². The molecule has 0 saturated heterocycles. The Labute approximate surface area is 130 Å². The monoisotopic (exact) mass is 291 g/mol. The predicted octanol–water partition coefficient (Wildman–Crippen LogP) is 3.80. The first-order chi connectivity index (χ1) is 10.0. The molecule has 1 saturated carbocycles. The van der Waals surface area contributed by atoms with Gasteiger partial charge < -0.3 is 5.73 Å². The molecule has 1 aliphatic carbocycles. The third-order valence-corrected chi connectivity index (χ3v) is 5.60. The Balaban J connectivity index is 2.11. The summed E-state index contributed by atoms with van der Waals surface area (Å²) >= 11 is 0. The van der Waals surface area contributed by atoms with Crippen LogP contribution >= 0.6 is 0 Å². The van der Waals surface area contributed by atoms with Gasteiger partial charge in [0.2, 0.25) is 0 Å². The Morgan fingerprint density at radius 1 is 1.33 bits per heavy atom. The summed E-state index contributed by atoms with van der Waals surface area (Å²) in [5.41, 5.74) is 9.13. The Morgan fingerprint density at radius 3 is 2.48 bits per heavy atom. The molecule has 0 spiro atoms. The van der Waals surface area contributed by atoms with Gasteiger partial charge in [0.05, 0.1) is 5.69 Å². The first-order valence-electron chi connectivity index (χ1n) is 8.79. The largest absolute Gasteiger partial charge is 0.330 e. The number of hydrogen-bond acceptors (Lipinski definition) is 2. The van der Waals surface area contributed by atoms with Crippen LogP contribution in [0.2, 0.25) is 0 Å². The van der Waals surface area contributed by atoms with Crippen molar-refractivity contribution in [2.75, 3.05) is 6.54 Å². The summed E-state index contributed by atoms with van der Waals surface area (Å²) in [7, 11) is 0. The molecular weight excluding hydrogens is 258 g/mol. The fourth-order valence-corrected chi connectivity index (χ4v) is 3.86. The normalized spacial score (nSPS) is 26.5. The van der Waals surface area contributed by atoms with Gasteiger partial charge in [-0.2, -0.15) is 5.10 Å². The smallest absolute Gasteiger partial charge is 0.0624 e. The van der Waals surface area contributed by atoms with Gasteiger partial charge in [-0.1, -0.05) is 20.8 Å². The number of hydrogen-bond donors (Lipinski definition) is 1. The van der Waals surface area contributed by atoms with E-state index in [2.05, 4.69) is 38.4 Å². The molecule has 120 valence electrons. The summed E-state index contributed by atoms with van der Waals surface area (Å²) in [4.78, 5) is 0. The van der Waals surface area contributed by atoms with E-state index in [1.165, 1.54) is 37.1 Å². The van der Waals surface area contributed by atoms with E-state index in [9.17, 15) is 0 Å².